The van der Waals surface area contributed by atoms with Gasteiger partial charge in [-0.3, -0.25) is 0 Å². The first-order chi connectivity index (χ1) is 4.20. The van der Waals surface area contributed by atoms with E-state index in [9.17, 15) is 5.11 Å². The molecule has 0 radical (unpaired) electrons. The molecule has 0 unspecified atom stereocenters. The Hall–Kier alpha value is -0.700. The largest absolute Gasteiger partial charge is 0.872 e. The van der Waals surface area contributed by atoms with Crippen LogP contribution >= 0.6 is 15.9 Å². The molecule has 0 saturated carbocycles. The van der Waals surface area contributed by atoms with Gasteiger partial charge < -0.3 is 10.8 Å². The number of anilines is 1. The molecule has 0 amide bonds. The Labute approximate surface area is 61.4 Å². The molecule has 0 saturated heterocycles. The molecule has 0 heterocycles. The number of hydrogen-bond acceptors (Lipinski definition) is 2. The third kappa shape index (κ3) is 1.36. The van der Waals surface area contributed by atoms with E-state index < -0.39 is 0 Å². The van der Waals surface area contributed by atoms with Crippen molar-refractivity contribution < 1.29 is 5.11 Å². The zero-order valence-electron chi connectivity index (χ0n) is 4.60. The standard InChI is InChI=1S/C6H6BrNO/c7-5-3-4(8)1-2-6(5)9/h1-3,9H,8H2/p-1. The van der Waals surface area contributed by atoms with Gasteiger partial charge in [0.2, 0.25) is 0 Å². The van der Waals surface area contributed by atoms with Gasteiger partial charge in [0.05, 0.1) is 0 Å². The molecule has 0 fully saturated rings. The van der Waals surface area contributed by atoms with Crippen molar-refractivity contribution in [3.05, 3.63) is 22.7 Å². The van der Waals surface area contributed by atoms with Crippen molar-refractivity contribution in [1.82, 2.24) is 0 Å². The van der Waals surface area contributed by atoms with Gasteiger partial charge in [-0.05, 0) is 12.1 Å². The number of hydrogen-bond donors (Lipinski definition) is 1. The Morgan fingerprint density at radius 1 is 1.44 bits per heavy atom. The zero-order valence-corrected chi connectivity index (χ0v) is 6.18. The van der Waals surface area contributed by atoms with E-state index in [-0.39, 0.29) is 5.75 Å². The predicted octanol–water partition coefficient (Wildman–Crippen LogP) is 1.10. The molecule has 2 N–H and O–H groups in total. The van der Waals surface area contributed by atoms with Crippen LogP contribution in [0.15, 0.2) is 22.7 Å². The zero-order chi connectivity index (χ0) is 6.85. The van der Waals surface area contributed by atoms with Gasteiger partial charge in [0.25, 0.3) is 0 Å². The Kier molecular flexibility index (Phi) is 1.62. The lowest BCUT2D eigenvalue weighted by Crippen LogP contribution is -1.91. The molecule has 9 heavy (non-hydrogen) atoms. The predicted molar refractivity (Wildman–Crippen MR) is 38.0 cm³/mol. The third-order valence-electron chi connectivity index (χ3n) is 0.956. The van der Waals surface area contributed by atoms with Crippen LogP contribution in [0, 0.1) is 0 Å². The lowest BCUT2D eigenvalue weighted by molar-refractivity contribution is -0.269. The molecule has 1 aromatic rings. The first kappa shape index (κ1) is 6.42. The molecule has 0 aliphatic carbocycles. The smallest absolute Gasteiger partial charge is 0.0324 e. The molecule has 1 rings (SSSR count). The van der Waals surface area contributed by atoms with Crippen LogP contribution < -0.4 is 10.8 Å². The van der Waals surface area contributed by atoms with E-state index in [1.54, 1.807) is 12.1 Å². The van der Waals surface area contributed by atoms with Gasteiger partial charge in [-0.15, -0.1) is 0 Å². The highest BCUT2D eigenvalue weighted by atomic mass is 79.9. The Balaban J connectivity index is 3.17. The van der Waals surface area contributed by atoms with Gasteiger partial charge in [-0.2, -0.15) is 0 Å². The van der Waals surface area contributed by atoms with E-state index in [0.29, 0.717) is 10.2 Å². The van der Waals surface area contributed by atoms with E-state index >= 15 is 0 Å². The quantitative estimate of drug-likeness (QED) is 0.618. The number of halogens is 1. The molecule has 0 aliphatic heterocycles. The molecular weight excluding hydrogens is 182 g/mol. The lowest BCUT2D eigenvalue weighted by atomic mass is 10.3. The van der Waals surface area contributed by atoms with Crippen LogP contribution in [0.5, 0.6) is 5.75 Å². The summed E-state index contributed by atoms with van der Waals surface area (Å²) in [6.45, 7) is 0. The minimum absolute atomic E-state index is 0.0378. The van der Waals surface area contributed by atoms with Crippen LogP contribution in [-0.4, -0.2) is 0 Å². The van der Waals surface area contributed by atoms with Crippen molar-refractivity contribution in [3.8, 4) is 5.75 Å². The van der Waals surface area contributed by atoms with E-state index in [4.69, 9.17) is 5.73 Å². The fourth-order valence-electron chi connectivity index (χ4n) is 0.517. The Morgan fingerprint density at radius 2 is 2.11 bits per heavy atom. The van der Waals surface area contributed by atoms with Gasteiger partial charge in [-0.1, -0.05) is 27.7 Å². The number of rotatable bonds is 0. The van der Waals surface area contributed by atoms with Crippen molar-refractivity contribution in [2.45, 2.75) is 0 Å². The molecule has 0 atom stereocenters. The van der Waals surface area contributed by atoms with Crippen molar-refractivity contribution >= 4 is 21.6 Å². The third-order valence-corrected chi connectivity index (χ3v) is 1.58. The van der Waals surface area contributed by atoms with E-state index in [1.165, 1.54) is 6.07 Å². The lowest BCUT2D eigenvalue weighted by Gasteiger charge is -2.06. The summed E-state index contributed by atoms with van der Waals surface area (Å²) in [6.07, 6.45) is 0. The van der Waals surface area contributed by atoms with Crippen molar-refractivity contribution in [2.75, 3.05) is 5.73 Å². The fourth-order valence-corrected chi connectivity index (χ4v) is 0.914. The summed E-state index contributed by atoms with van der Waals surface area (Å²) in [5.41, 5.74) is 5.96. The highest BCUT2D eigenvalue weighted by Gasteiger charge is 1.87. The number of nitrogens with two attached hydrogens (primary N) is 1. The van der Waals surface area contributed by atoms with Crippen LogP contribution in [0.4, 0.5) is 5.69 Å². The molecule has 0 bridgehead atoms. The highest BCUT2D eigenvalue weighted by Crippen LogP contribution is 2.22. The minimum atomic E-state index is -0.0378. The van der Waals surface area contributed by atoms with Gasteiger partial charge in [0.15, 0.2) is 0 Å². The summed E-state index contributed by atoms with van der Waals surface area (Å²) in [7, 11) is 0. The average Bonchev–Trinajstić information content (AvgIpc) is 1.80. The first-order valence-corrected chi connectivity index (χ1v) is 3.21. The normalized spacial score (nSPS) is 9.44. The fraction of sp³-hybridized carbons (Fsp3) is 0. The van der Waals surface area contributed by atoms with Crippen LogP contribution in [0.2, 0.25) is 0 Å². The highest BCUT2D eigenvalue weighted by molar-refractivity contribution is 9.10. The van der Waals surface area contributed by atoms with Crippen molar-refractivity contribution in [2.24, 2.45) is 0 Å². The second-order valence-electron chi connectivity index (χ2n) is 1.69. The van der Waals surface area contributed by atoms with Gasteiger partial charge in [-0.25, -0.2) is 0 Å². The van der Waals surface area contributed by atoms with Crippen molar-refractivity contribution in [1.29, 1.82) is 0 Å². The number of nitrogen functional groups attached to an aromatic ring is 1. The maximum atomic E-state index is 10.7. The van der Waals surface area contributed by atoms with Crippen LogP contribution in [0.1, 0.15) is 0 Å². The summed E-state index contributed by atoms with van der Waals surface area (Å²) in [6, 6.07) is 4.59. The van der Waals surface area contributed by atoms with Crippen molar-refractivity contribution in [3.63, 3.8) is 0 Å². The Bertz CT molecular complexity index is 224. The second-order valence-corrected chi connectivity index (χ2v) is 2.54. The minimum Gasteiger partial charge on any atom is -0.872 e. The average molecular weight is 187 g/mol. The molecule has 2 nitrogen and oxygen atoms in total. The molecule has 48 valence electrons. The summed E-state index contributed by atoms with van der Waals surface area (Å²) in [5.74, 6) is -0.0378. The SMILES string of the molecule is Nc1ccc([O-])c(Br)c1. The van der Waals surface area contributed by atoms with Crippen LogP contribution in [0.3, 0.4) is 0 Å². The van der Waals surface area contributed by atoms with E-state index in [0.717, 1.165) is 0 Å². The second kappa shape index (κ2) is 2.27. The van der Waals surface area contributed by atoms with Gasteiger partial charge >= 0.3 is 0 Å². The first-order valence-electron chi connectivity index (χ1n) is 2.42. The molecular formula is C6H5BrNO-. The molecule has 0 aliphatic rings. The molecule has 1 aromatic carbocycles. The summed E-state index contributed by atoms with van der Waals surface area (Å²) < 4.78 is 0.516. The maximum Gasteiger partial charge on any atom is 0.0324 e. The van der Waals surface area contributed by atoms with Gasteiger partial charge in [0.1, 0.15) is 0 Å². The number of benzene rings is 1. The van der Waals surface area contributed by atoms with Crippen LogP contribution in [-0.2, 0) is 0 Å². The molecule has 3 heteroatoms. The van der Waals surface area contributed by atoms with E-state index in [2.05, 4.69) is 15.9 Å². The Morgan fingerprint density at radius 3 is 2.56 bits per heavy atom. The summed E-state index contributed by atoms with van der Waals surface area (Å²) in [5, 5.41) is 10.7. The monoisotopic (exact) mass is 186 g/mol. The molecule has 0 spiro atoms. The van der Waals surface area contributed by atoms with Gasteiger partial charge in [0, 0.05) is 10.2 Å². The summed E-state index contributed by atoms with van der Waals surface area (Å²) >= 11 is 3.05. The van der Waals surface area contributed by atoms with Crippen LogP contribution in [0.25, 0.3) is 0 Å². The maximum absolute atomic E-state index is 10.7. The topological polar surface area (TPSA) is 49.1 Å². The molecule has 0 aromatic heterocycles. The van der Waals surface area contributed by atoms with E-state index in [1.807, 2.05) is 0 Å². The summed E-state index contributed by atoms with van der Waals surface area (Å²) in [4.78, 5) is 0.